The van der Waals surface area contributed by atoms with Crippen molar-refractivity contribution in [3.8, 4) is 0 Å². The molecule has 0 amide bonds. The molecular formula is C12H12N2O2. The number of carboxylic acids is 1. The van der Waals surface area contributed by atoms with Crippen LogP contribution in [-0.4, -0.2) is 21.3 Å². The molecule has 1 aromatic carbocycles. The molecule has 82 valence electrons. The molecule has 2 rings (SSSR count). The zero-order valence-electron chi connectivity index (χ0n) is 8.84. The van der Waals surface area contributed by atoms with E-state index in [1.165, 1.54) is 0 Å². The van der Waals surface area contributed by atoms with Crippen LogP contribution in [0.3, 0.4) is 0 Å². The molecule has 0 bridgehead atoms. The number of carbonyl (C=O) groups is 1. The van der Waals surface area contributed by atoms with Gasteiger partial charge in [0, 0.05) is 6.20 Å². The number of aromatic nitrogens is 2. The second-order valence-electron chi connectivity index (χ2n) is 3.77. The van der Waals surface area contributed by atoms with E-state index >= 15 is 0 Å². The summed E-state index contributed by atoms with van der Waals surface area (Å²) in [5.74, 6) is -0.900. The standard InChI is InChI=1S/C12H12N2O2/c1-12(11(15)16,10-7-8-13-14-10)9-5-3-2-4-6-9/h2-8H,1H3,(H,13,14)(H,15,16). The van der Waals surface area contributed by atoms with Gasteiger partial charge in [0.15, 0.2) is 0 Å². The Balaban J connectivity index is 2.58. The largest absolute Gasteiger partial charge is 0.480 e. The number of nitrogens with one attached hydrogen (secondary N) is 1. The first-order valence-electron chi connectivity index (χ1n) is 4.94. The van der Waals surface area contributed by atoms with E-state index in [9.17, 15) is 9.90 Å². The highest BCUT2D eigenvalue weighted by Gasteiger charge is 2.38. The highest BCUT2D eigenvalue weighted by Crippen LogP contribution is 2.30. The predicted octanol–water partition coefficient (Wildman–Crippen LogP) is 1.80. The zero-order chi connectivity index (χ0) is 11.6. The summed E-state index contributed by atoms with van der Waals surface area (Å²) in [7, 11) is 0. The van der Waals surface area contributed by atoms with Crippen LogP contribution in [-0.2, 0) is 10.2 Å². The average Bonchev–Trinajstić information content (AvgIpc) is 2.82. The highest BCUT2D eigenvalue weighted by atomic mass is 16.4. The van der Waals surface area contributed by atoms with E-state index in [2.05, 4.69) is 10.2 Å². The lowest BCUT2D eigenvalue weighted by Gasteiger charge is -2.23. The maximum absolute atomic E-state index is 11.5. The van der Waals surface area contributed by atoms with E-state index in [-0.39, 0.29) is 0 Å². The van der Waals surface area contributed by atoms with Crippen LogP contribution in [0.1, 0.15) is 18.2 Å². The number of aromatic amines is 1. The zero-order valence-corrected chi connectivity index (χ0v) is 8.84. The summed E-state index contributed by atoms with van der Waals surface area (Å²) in [5.41, 5.74) is 0.218. The fourth-order valence-electron chi connectivity index (χ4n) is 1.70. The van der Waals surface area contributed by atoms with Gasteiger partial charge in [0.25, 0.3) is 0 Å². The Morgan fingerprint density at radius 1 is 1.31 bits per heavy atom. The maximum Gasteiger partial charge on any atom is 0.319 e. The lowest BCUT2D eigenvalue weighted by molar-refractivity contribution is -0.141. The van der Waals surface area contributed by atoms with E-state index in [1.54, 1.807) is 31.3 Å². The lowest BCUT2D eigenvalue weighted by atomic mass is 9.79. The molecule has 0 aliphatic heterocycles. The minimum atomic E-state index is -1.09. The Hall–Kier alpha value is -2.10. The molecule has 4 heteroatoms. The van der Waals surface area contributed by atoms with Gasteiger partial charge in [0.1, 0.15) is 5.41 Å². The van der Waals surface area contributed by atoms with E-state index in [4.69, 9.17) is 0 Å². The molecule has 0 aliphatic carbocycles. The van der Waals surface area contributed by atoms with Crippen LogP contribution in [0, 0.1) is 0 Å². The number of hydrogen-bond donors (Lipinski definition) is 2. The number of nitrogens with zero attached hydrogens (tertiary/aromatic N) is 1. The van der Waals surface area contributed by atoms with Crippen LogP contribution >= 0.6 is 0 Å². The summed E-state index contributed by atoms with van der Waals surface area (Å²) >= 11 is 0. The quantitative estimate of drug-likeness (QED) is 0.822. The third-order valence-electron chi connectivity index (χ3n) is 2.82. The summed E-state index contributed by atoms with van der Waals surface area (Å²) in [6, 6.07) is 10.8. The molecule has 4 nitrogen and oxygen atoms in total. The van der Waals surface area contributed by atoms with Crippen LogP contribution in [0.15, 0.2) is 42.6 Å². The molecule has 0 saturated carbocycles. The van der Waals surface area contributed by atoms with Crippen molar-refractivity contribution in [1.29, 1.82) is 0 Å². The first-order valence-corrected chi connectivity index (χ1v) is 4.94. The minimum Gasteiger partial charge on any atom is -0.480 e. The van der Waals surface area contributed by atoms with Crippen molar-refractivity contribution in [3.63, 3.8) is 0 Å². The molecule has 16 heavy (non-hydrogen) atoms. The first kappa shape index (κ1) is 10.4. The van der Waals surface area contributed by atoms with E-state index < -0.39 is 11.4 Å². The van der Waals surface area contributed by atoms with Crippen LogP contribution in [0.5, 0.6) is 0 Å². The van der Waals surface area contributed by atoms with Gasteiger partial charge in [-0.05, 0) is 18.6 Å². The molecule has 0 radical (unpaired) electrons. The van der Waals surface area contributed by atoms with E-state index in [0.29, 0.717) is 5.69 Å². The number of H-pyrrole nitrogens is 1. The van der Waals surface area contributed by atoms with Gasteiger partial charge in [-0.15, -0.1) is 0 Å². The summed E-state index contributed by atoms with van der Waals surface area (Å²) in [5, 5.41) is 15.9. The van der Waals surface area contributed by atoms with Gasteiger partial charge in [-0.25, -0.2) is 0 Å². The lowest BCUT2D eigenvalue weighted by Crippen LogP contribution is -2.34. The van der Waals surface area contributed by atoms with Crippen molar-refractivity contribution in [1.82, 2.24) is 10.2 Å². The van der Waals surface area contributed by atoms with Gasteiger partial charge in [-0.3, -0.25) is 9.89 Å². The van der Waals surface area contributed by atoms with Gasteiger partial charge in [-0.2, -0.15) is 5.10 Å². The van der Waals surface area contributed by atoms with Gasteiger partial charge < -0.3 is 5.11 Å². The first-order chi connectivity index (χ1) is 7.65. The Morgan fingerprint density at radius 3 is 2.50 bits per heavy atom. The summed E-state index contributed by atoms with van der Waals surface area (Å²) in [6.45, 7) is 1.66. The van der Waals surface area contributed by atoms with Crippen molar-refractivity contribution in [2.24, 2.45) is 0 Å². The molecule has 0 fully saturated rings. The van der Waals surface area contributed by atoms with Crippen LogP contribution in [0.25, 0.3) is 0 Å². The van der Waals surface area contributed by atoms with Gasteiger partial charge in [-0.1, -0.05) is 30.3 Å². The third-order valence-corrected chi connectivity index (χ3v) is 2.82. The number of carboxylic acid groups (broad SMARTS) is 1. The summed E-state index contributed by atoms with van der Waals surface area (Å²) in [6.07, 6.45) is 1.56. The molecule has 2 N–H and O–H groups in total. The smallest absolute Gasteiger partial charge is 0.319 e. The van der Waals surface area contributed by atoms with Crippen LogP contribution < -0.4 is 0 Å². The van der Waals surface area contributed by atoms with Crippen molar-refractivity contribution in [2.45, 2.75) is 12.3 Å². The van der Waals surface area contributed by atoms with Crippen LogP contribution in [0.4, 0.5) is 0 Å². The molecule has 1 atom stereocenters. The fourth-order valence-corrected chi connectivity index (χ4v) is 1.70. The monoisotopic (exact) mass is 216 g/mol. The van der Waals surface area contributed by atoms with Crippen molar-refractivity contribution >= 4 is 5.97 Å². The van der Waals surface area contributed by atoms with Crippen LogP contribution in [0.2, 0.25) is 0 Å². The second-order valence-corrected chi connectivity index (χ2v) is 3.77. The number of benzene rings is 1. The van der Waals surface area contributed by atoms with Gasteiger partial charge in [0.2, 0.25) is 0 Å². The Labute approximate surface area is 92.9 Å². The number of hydrogen-bond acceptors (Lipinski definition) is 2. The summed E-state index contributed by atoms with van der Waals surface area (Å²) in [4.78, 5) is 11.5. The average molecular weight is 216 g/mol. The molecule has 1 aromatic heterocycles. The molecule has 0 saturated heterocycles. The Kier molecular flexibility index (Phi) is 2.48. The van der Waals surface area contributed by atoms with Crippen molar-refractivity contribution < 1.29 is 9.90 Å². The van der Waals surface area contributed by atoms with Crippen molar-refractivity contribution in [3.05, 3.63) is 53.9 Å². The normalized spacial score (nSPS) is 14.3. The number of aliphatic carboxylic acids is 1. The minimum absolute atomic E-state index is 0.575. The highest BCUT2D eigenvalue weighted by molar-refractivity contribution is 5.84. The summed E-state index contributed by atoms with van der Waals surface area (Å²) < 4.78 is 0. The fraction of sp³-hybridized carbons (Fsp3) is 0.167. The second kappa shape index (κ2) is 3.81. The third kappa shape index (κ3) is 1.48. The van der Waals surface area contributed by atoms with Crippen molar-refractivity contribution in [2.75, 3.05) is 0 Å². The maximum atomic E-state index is 11.5. The topological polar surface area (TPSA) is 66.0 Å². The Morgan fingerprint density at radius 2 is 2.00 bits per heavy atom. The molecule has 2 aromatic rings. The molecule has 0 aliphatic rings. The van der Waals surface area contributed by atoms with E-state index in [1.807, 2.05) is 18.2 Å². The van der Waals surface area contributed by atoms with Gasteiger partial charge >= 0.3 is 5.97 Å². The SMILES string of the molecule is CC(C(=O)O)(c1ccccc1)c1ccn[nH]1. The number of rotatable bonds is 3. The predicted molar refractivity (Wildman–Crippen MR) is 59.1 cm³/mol. The Bertz CT molecular complexity index is 479. The molecule has 1 heterocycles. The van der Waals surface area contributed by atoms with E-state index in [0.717, 1.165) is 5.56 Å². The van der Waals surface area contributed by atoms with Gasteiger partial charge in [0.05, 0.1) is 5.69 Å². The molecule has 0 spiro atoms. The molecular weight excluding hydrogens is 204 g/mol. The molecule has 1 unspecified atom stereocenters.